The minimum atomic E-state index is -0.285. The van der Waals surface area contributed by atoms with Crippen molar-refractivity contribution in [2.45, 2.75) is 42.9 Å². The summed E-state index contributed by atoms with van der Waals surface area (Å²) in [6.45, 7) is 0.152. The number of nitrogens with one attached hydrogen (secondary N) is 1. The monoisotopic (exact) mass is 279 g/mol. The van der Waals surface area contributed by atoms with Gasteiger partial charge in [-0.2, -0.15) is 11.8 Å². The number of rotatable bonds is 7. The maximum atomic E-state index is 9.85. The molecule has 2 rings (SSSR count). The normalized spacial score (nSPS) is 19.5. The molecule has 0 heterocycles. The van der Waals surface area contributed by atoms with Crippen LogP contribution in [-0.4, -0.2) is 29.8 Å². The number of aliphatic hydroxyl groups excluding tert-OH is 1. The predicted molar refractivity (Wildman–Crippen MR) is 83.6 cm³/mol. The summed E-state index contributed by atoms with van der Waals surface area (Å²) in [6.07, 6.45) is 6.52. The highest BCUT2D eigenvalue weighted by atomic mass is 32.2. The van der Waals surface area contributed by atoms with Crippen LogP contribution in [-0.2, 0) is 5.54 Å². The lowest BCUT2D eigenvalue weighted by Crippen LogP contribution is -2.44. The average Bonchev–Trinajstić information content (AvgIpc) is 2.98. The molecule has 2 N–H and O–H groups in total. The predicted octanol–water partition coefficient (Wildman–Crippen LogP) is 3.16. The van der Waals surface area contributed by atoms with Crippen molar-refractivity contribution in [1.29, 1.82) is 0 Å². The van der Waals surface area contributed by atoms with E-state index in [1.54, 1.807) is 0 Å². The number of benzene rings is 1. The quantitative estimate of drug-likeness (QED) is 0.804. The molecule has 0 bridgehead atoms. The number of hydrogen-bond acceptors (Lipinski definition) is 3. The van der Waals surface area contributed by atoms with Gasteiger partial charge in [0.05, 0.1) is 12.1 Å². The summed E-state index contributed by atoms with van der Waals surface area (Å²) < 4.78 is 0. The molecule has 1 saturated carbocycles. The summed E-state index contributed by atoms with van der Waals surface area (Å²) in [5.74, 6) is 1.11. The highest BCUT2D eigenvalue weighted by Gasteiger charge is 2.29. The van der Waals surface area contributed by atoms with E-state index in [1.165, 1.54) is 31.2 Å². The second-order valence-corrected chi connectivity index (χ2v) is 6.79. The molecule has 1 unspecified atom stereocenters. The second kappa shape index (κ2) is 7.32. The Kier molecular flexibility index (Phi) is 5.74. The van der Waals surface area contributed by atoms with Crippen molar-refractivity contribution in [3.8, 4) is 0 Å². The number of hydrogen-bond donors (Lipinski definition) is 2. The van der Waals surface area contributed by atoms with E-state index in [2.05, 4.69) is 29.2 Å². The minimum Gasteiger partial charge on any atom is -0.394 e. The van der Waals surface area contributed by atoms with Gasteiger partial charge in [0.1, 0.15) is 0 Å². The summed E-state index contributed by atoms with van der Waals surface area (Å²) >= 11 is 2.09. The molecule has 1 aliphatic carbocycles. The highest BCUT2D eigenvalue weighted by Crippen LogP contribution is 2.32. The topological polar surface area (TPSA) is 32.3 Å². The van der Waals surface area contributed by atoms with Crippen molar-refractivity contribution in [2.24, 2.45) is 0 Å². The van der Waals surface area contributed by atoms with E-state index in [0.717, 1.165) is 17.4 Å². The highest BCUT2D eigenvalue weighted by molar-refractivity contribution is 7.99. The van der Waals surface area contributed by atoms with Crippen LogP contribution in [0.4, 0.5) is 0 Å². The standard InChI is InChI=1S/C16H25NOS/c1-17-16(13-18,14-7-3-2-4-8-14)11-12-19-15-9-5-6-10-15/h2-4,7-8,15,17-18H,5-6,9-13H2,1H3. The molecular weight excluding hydrogens is 254 g/mol. The van der Waals surface area contributed by atoms with Gasteiger partial charge < -0.3 is 10.4 Å². The Morgan fingerprint density at radius 3 is 2.53 bits per heavy atom. The van der Waals surface area contributed by atoms with Gasteiger partial charge in [-0.1, -0.05) is 43.2 Å². The van der Waals surface area contributed by atoms with Crippen LogP contribution >= 0.6 is 11.8 Å². The maximum absolute atomic E-state index is 9.85. The molecule has 106 valence electrons. The van der Waals surface area contributed by atoms with Gasteiger partial charge in [-0.05, 0) is 37.6 Å². The smallest absolute Gasteiger partial charge is 0.0674 e. The van der Waals surface area contributed by atoms with Gasteiger partial charge in [-0.3, -0.25) is 0 Å². The Balaban J connectivity index is 1.95. The first-order valence-electron chi connectivity index (χ1n) is 7.27. The van der Waals surface area contributed by atoms with Crippen LogP contribution in [0.3, 0.4) is 0 Å². The first-order valence-corrected chi connectivity index (χ1v) is 8.32. The van der Waals surface area contributed by atoms with Crippen LogP contribution in [0.15, 0.2) is 30.3 Å². The zero-order valence-corrected chi connectivity index (χ0v) is 12.6. The summed E-state index contributed by atoms with van der Waals surface area (Å²) in [5.41, 5.74) is 0.902. The van der Waals surface area contributed by atoms with Crippen LogP contribution in [0.1, 0.15) is 37.7 Å². The van der Waals surface area contributed by atoms with Gasteiger partial charge in [0.2, 0.25) is 0 Å². The maximum Gasteiger partial charge on any atom is 0.0674 e. The van der Waals surface area contributed by atoms with Crippen molar-refractivity contribution in [2.75, 3.05) is 19.4 Å². The van der Waals surface area contributed by atoms with E-state index in [1.807, 2.05) is 25.2 Å². The molecule has 1 aliphatic rings. The third-order valence-corrected chi connectivity index (χ3v) is 5.64. The summed E-state index contributed by atoms with van der Waals surface area (Å²) in [4.78, 5) is 0. The Morgan fingerprint density at radius 1 is 1.26 bits per heavy atom. The number of likely N-dealkylation sites (N-methyl/N-ethyl adjacent to an activating group) is 1. The fourth-order valence-corrected chi connectivity index (χ4v) is 4.34. The molecule has 0 aliphatic heterocycles. The van der Waals surface area contributed by atoms with Crippen molar-refractivity contribution in [3.05, 3.63) is 35.9 Å². The molecule has 0 radical (unpaired) electrons. The van der Waals surface area contributed by atoms with Crippen LogP contribution in [0.25, 0.3) is 0 Å². The van der Waals surface area contributed by atoms with Crippen LogP contribution < -0.4 is 5.32 Å². The largest absolute Gasteiger partial charge is 0.394 e. The lowest BCUT2D eigenvalue weighted by Gasteiger charge is -2.32. The molecule has 0 amide bonds. The van der Waals surface area contributed by atoms with Crippen LogP contribution in [0.5, 0.6) is 0 Å². The SMILES string of the molecule is CNC(CO)(CCSC1CCCC1)c1ccccc1. The zero-order chi connectivity index (χ0) is 13.6. The van der Waals surface area contributed by atoms with E-state index in [-0.39, 0.29) is 12.1 Å². The van der Waals surface area contributed by atoms with Gasteiger partial charge in [-0.25, -0.2) is 0 Å². The lowest BCUT2D eigenvalue weighted by molar-refractivity contribution is 0.165. The van der Waals surface area contributed by atoms with Gasteiger partial charge in [0, 0.05) is 5.25 Å². The van der Waals surface area contributed by atoms with Gasteiger partial charge in [0.25, 0.3) is 0 Å². The Hall–Kier alpha value is -0.510. The molecule has 0 aromatic heterocycles. The van der Waals surface area contributed by atoms with Crippen molar-refractivity contribution < 1.29 is 5.11 Å². The Labute approximate surface area is 121 Å². The molecule has 19 heavy (non-hydrogen) atoms. The number of aliphatic hydroxyl groups is 1. The summed E-state index contributed by atoms with van der Waals surface area (Å²) in [6, 6.07) is 10.3. The molecule has 1 atom stereocenters. The van der Waals surface area contributed by atoms with Crippen LogP contribution in [0, 0.1) is 0 Å². The van der Waals surface area contributed by atoms with Gasteiger partial charge in [-0.15, -0.1) is 0 Å². The van der Waals surface area contributed by atoms with E-state index >= 15 is 0 Å². The average molecular weight is 279 g/mol. The van der Waals surface area contributed by atoms with Crippen molar-refractivity contribution >= 4 is 11.8 Å². The molecule has 0 spiro atoms. The molecule has 1 aromatic rings. The van der Waals surface area contributed by atoms with Crippen molar-refractivity contribution in [3.63, 3.8) is 0 Å². The van der Waals surface area contributed by atoms with Crippen molar-refractivity contribution in [1.82, 2.24) is 5.32 Å². The van der Waals surface area contributed by atoms with Gasteiger partial charge >= 0.3 is 0 Å². The summed E-state index contributed by atoms with van der Waals surface area (Å²) in [5, 5.41) is 14.0. The third kappa shape index (κ3) is 3.74. The zero-order valence-electron chi connectivity index (χ0n) is 11.8. The summed E-state index contributed by atoms with van der Waals surface area (Å²) in [7, 11) is 1.95. The Morgan fingerprint density at radius 2 is 1.95 bits per heavy atom. The van der Waals surface area contributed by atoms with Crippen LogP contribution in [0.2, 0.25) is 0 Å². The first kappa shape index (κ1) is 14.9. The van der Waals surface area contributed by atoms with Gasteiger partial charge in [0.15, 0.2) is 0 Å². The minimum absolute atomic E-state index is 0.152. The van der Waals surface area contributed by atoms with E-state index in [9.17, 15) is 5.11 Å². The number of thioether (sulfide) groups is 1. The molecule has 1 aromatic carbocycles. The second-order valence-electron chi connectivity index (χ2n) is 5.38. The molecular formula is C16H25NOS. The molecule has 1 fully saturated rings. The molecule has 0 saturated heterocycles. The van der Waals surface area contributed by atoms with E-state index in [0.29, 0.717) is 0 Å². The fourth-order valence-electron chi connectivity index (χ4n) is 2.88. The first-order chi connectivity index (χ1) is 9.30. The van der Waals surface area contributed by atoms with E-state index in [4.69, 9.17) is 0 Å². The third-order valence-electron chi connectivity index (χ3n) is 4.26. The lowest BCUT2D eigenvalue weighted by atomic mass is 9.88. The molecule has 3 heteroatoms. The molecule has 2 nitrogen and oxygen atoms in total. The fraction of sp³-hybridized carbons (Fsp3) is 0.625. The Bertz CT molecular complexity index is 358. The van der Waals surface area contributed by atoms with E-state index < -0.39 is 0 Å².